The molecule has 0 rings (SSSR count). The van der Waals surface area contributed by atoms with Crippen molar-refractivity contribution in [1.82, 2.24) is 0 Å². The van der Waals surface area contributed by atoms with Crippen LogP contribution in [-0.2, 0) is 19.1 Å². The van der Waals surface area contributed by atoms with Gasteiger partial charge in [0.25, 0.3) is 0 Å². The highest BCUT2D eigenvalue weighted by Crippen LogP contribution is 2.08. The molecule has 0 saturated carbocycles. The molecule has 0 bridgehead atoms. The highest BCUT2D eigenvalue weighted by Gasteiger charge is 2.38. The molecule has 0 aliphatic heterocycles. The number of ether oxygens (including phenoxy) is 2. The van der Waals surface area contributed by atoms with Gasteiger partial charge in [-0.25, -0.2) is 9.59 Å². The van der Waals surface area contributed by atoms with Crippen molar-refractivity contribution in [1.29, 1.82) is 0 Å². The minimum Gasteiger partial charge on any atom is -0.464 e. The van der Waals surface area contributed by atoms with Crippen LogP contribution < -0.4 is 0 Å². The molecule has 0 aromatic carbocycles. The molecule has 0 aliphatic carbocycles. The van der Waals surface area contributed by atoms with Gasteiger partial charge < -0.3 is 29.9 Å². The van der Waals surface area contributed by atoms with Crippen molar-refractivity contribution in [2.75, 3.05) is 13.2 Å². The van der Waals surface area contributed by atoms with Crippen molar-refractivity contribution < 1.29 is 39.5 Å². The van der Waals surface area contributed by atoms with Crippen molar-refractivity contribution in [3.63, 3.8) is 0 Å². The van der Waals surface area contributed by atoms with Crippen LogP contribution in [0.3, 0.4) is 0 Å². The Labute approximate surface area is 116 Å². The Kier molecular flexibility index (Phi) is 9.06. The summed E-state index contributed by atoms with van der Waals surface area (Å²) >= 11 is 0. The predicted molar refractivity (Wildman–Crippen MR) is 66.5 cm³/mol. The fourth-order valence-electron chi connectivity index (χ4n) is 1.23. The van der Waals surface area contributed by atoms with Crippen molar-refractivity contribution in [2.45, 2.75) is 51.1 Å². The van der Waals surface area contributed by atoms with E-state index in [4.69, 9.17) is 0 Å². The van der Waals surface area contributed by atoms with Gasteiger partial charge in [-0.2, -0.15) is 0 Å². The second kappa shape index (κ2) is 9.65. The lowest BCUT2D eigenvalue weighted by molar-refractivity contribution is -0.179. The molecule has 0 saturated heterocycles. The first-order valence-corrected chi connectivity index (χ1v) is 6.42. The first-order valence-electron chi connectivity index (χ1n) is 6.42. The summed E-state index contributed by atoms with van der Waals surface area (Å²) in [6.07, 6.45) is -7.23. The lowest BCUT2D eigenvalue weighted by Crippen LogP contribution is -2.50. The minimum atomic E-state index is -2.07. The molecule has 8 heteroatoms. The van der Waals surface area contributed by atoms with Crippen LogP contribution in [0.15, 0.2) is 0 Å². The fraction of sp³-hybridized carbons (Fsp3) is 0.833. The van der Waals surface area contributed by atoms with E-state index in [9.17, 15) is 30.0 Å². The second-order valence-electron chi connectivity index (χ2n) is 4.21. The summed E-state index contributed by atoms with van der Waals surface area (Å²) in [4.78, 5) is 22.5. The molecular formula is C12H22O8. The second-order valence-corrected chi connectivity index (χ2v) is 4.21. The van der Waals surface area contributed by atoms with E-state index >= 15 is 0 Å². The number of carbonyl (C=O) groups excluding carboxylic acids is 2. The summed E-state index contributed by atoms with van der Waals surface area (Å²) in [5, 5.41) is 37.9. The zero-order valence-electron chi connectivity index (χ0n) is 11.6. The molecule has 4 N–H and O–H groups in total. The van der Waals surface area contributed by atoms with Gasteiger partial charge in [0.1, 0.15) is 12.2 Å². The van der Waals surface area contributed by atoms with E-state index in [1.54, 1.807) is 13.8 Å². The average Bonchev–Trinajstić information content (AvgIpc) is 2.46. The molecule has 118 valence electrons. The maximum Gasteiger partial charge on any atom is 0.337 e. The first-order chi connectivity index (χ1) is 9.36. The molecule has 0 spiro atoms. The van der Waals surface area contributed by atoms with Crippen molar-refractivity contribution in [2.24, 2.45) is 0 Å². The lowest BCUT2D eigenvalue weighted by atomic mass is 10.0. The van der Waals surface area contributed by atoms with Gasteiger partial charge in [-0.05, 0) is 12.8 Å². The van der Waals surface area contributed by atoms with Crippen LogP contribution in [0, 0.1) is 0 Å². The third kappa shape index (κ3) is 5.83. The van der Waals surface area contributed by atoms with Gasteiger partial charge in [-0.1, -0.05) is 13.8 Å². The van der Waals surface area contributed by atoms with Crippen LogP contribution in [-0.4, -0.2) is 70.0 Å². The largest absolute Gasteiger partial charge is 0.464 e. The van der Waals surface area contributed by atoms with Crippen LogP contribution >= 0.6 is 0 Å². The Morgan fingerprint density at radius 2 is 1.10 bits per heavy atom. The van der Waals surface area contributed by atoms with Crippen LogP contribution in [0.4, 0.5) is 0 Å². The van der Waals surface area contributed by atoms with Crippen LogP contribution in [0.1, 0.15) is 26.7 Å². The number of carbonyl (C=O) groups is 2. The average molecular weight is 294 g/mol. The molecule has 0 aromatic rings. The highest BCUT2D eigenvalue weighted by atomic mass is 16.6. The maximum atomic E-state index is 11.3. The minimum absolute atomic E-state index is 0.0415. The zero-order chi connectivity index (χ0) is 15.7. The van der Waals surface area contributed by atoms with E-state index in [0.717, 1.165) is 0 Å². The number of hydrogen-bond donors (Lipinski definition) is 4. The van der Waals surface area contributed by atoms with Gasteiger partial charge >= 0.3 is 11.9 Å². The van der Waals surface area contributed by atoms with Gasteiger partial charge in [0.15, 0.2) is 12.2 Å². The Hall–Kier alpha value is -1.22. The van der Waals surface area contributed by atoms with E-state index in [-0.39, 0.29) is 13.2 Å². The summed E-state index contributed by atoms with van der Waals surface area (Å²) in [5.74, 6) is -2.29. The Morgan fingerprint density at radius 3 is 1.35 bits per heavy atom. The number of aliphatic hydroxyl groups excluding tert-OH is 4. The van der Waals surface area contributed by atoms with Gasteiger partial charge in [0, 0.05) is 0 Å². The monoisotopic (exact) mass is 294 g/mol. The van der Waals surface area contributed by atoms with E-state index in [2.05, 4.69) is 9.47 Å². The topological polar surface area (TPSA) is 134 Å². The van der Waals surface area contributed by atoms with E-state index in [0.29, 0.717) is 12.8 Å². The quantitative estimate of drug-likeness (QED) is 0.371. The SMILES string of the molecule is CCCOC(=O)C(O)C(O)C(O)C(O)C(=O)OCCC. The summed E-state index contributed by atoms with van der Waals surface area (Å²) in [5.41, 5.74) is 0. The Balaban J connectivity index is 4.46. The highest BCUT2D eigenvalue weighted by molar-refractivity contribution is 5.77. The number of aliphatic hydroxyl groups is 4. The molecule has 4 atom stereocenters. The molecule has 20 heavy (non-hydrogen) atoms. The van der Waals surface area contributed by atoms with Gasteiger partial charge in [-0.3, -0.25) is 0 Å². The van der Waals surface area contributed by atoms with E-state index in [1.165, 1.54) is 0 Å². The van der Waals surface area contributed by atoms with E-state index in [1.807, 2.05) is 0 Å². The van der Waals surface area contributed by atoms with Crippen molar-refractivity contribution in [3.05, 3.63) is 0 Å². The molecule has 0 radical (unpaired) electrons. The van der Waals surface area contributed by atoms with Crippen LogP contribution in [0.2, 0.25) is 0 Å². The zero-order valence-corrected chi connectivity index (χ0v) is 11.6. The summed E-state index contributed by atoms with van der Waals surface area (Å²) in [6, 6.07) is 0. The van der Waals surface area contributed by atoms with E-state index < -0.39 is 36.4 Å². The fourth-order valence-corrected chi connectivity index (χ4v) is 1.23. The molecule has 8 nitrogen and oxygen atoms in total. The standard InChI is InChI=1S/C12H22O8/c1-3-5-19-11(17)9(15)7(13)8(14)10(16)12(18)20-6-4-2/h7-10,13-16H,3-6H2,1-2H3. The molecule has 0 aliphatic rings. The third-order valence-corrected chi connectivity index (χ3v) is 2.38. The Morgan fingerprint density at radius 1 is 0.800 bits per heavy atom. The number of esters is 2. The van der Waals surface area contributed by atoms with Crippen LogP contribution in [0.25, 0.3) is 0 Å². The Bertz CT molecular complexity index is 276. The van der Waals surface area contributed by atoms with Crippen molar-refractivity contribution in [3.8, 4) is 0 Å². The lowest BCUT2D eigenvalue weighted by Gasteiger charge is -2.24. The number of hydrogen-bond acceptors (Lipinski definition) is 8. The molecule has 0 amide bonds. The van der Waals surface area contributed by atoms with Gasteiger partial charge in [-0.15, -0.1) is 0 Å². The molecule has 4 unspecified atom stereocenters. The summed E-state index contributed by atoms with van der Waals surface area (Å²) in [7, 11) is 0. The van der Waals surface area contributed by atoms with Gasteiger partial charge in [0.05, 0.1) is 13.2 Å². The predicted octanol–water partition coefficient (Wildman–Crippen LogP) is -1.66. The molecule has 0 heterocycles. The number of rotatable bonds is 9. The normalized spacial score (nSPS) is 16.9. The summed E-state index contributed by atoms with van der Waals surface area (Å²) in [6.45, 7) is 3.55. The maximum absolute atomic E-state index is 11.3. The van der Waals surface area contributed by atoms with Crippen molar-refractivity contribution >= 4 is 11.9 Å². The smallest absolute Gasteiger partial charge is 0.337 e. The summed E-state index contributed by atoms with van der Waals surface area (Å²) < 4.78 is 9.14. The van der Waals surface area contributed by atoms with Gasteiger partial charge in [0.2, 0.25) is 0 Å². The van der Waals surface area contributed by atoms with Crippen LogP contribution in [0.5, 0.6) is 0 Å². The molecule has 0 fully saturated rings. The molecular weight excluding hydrogens is 272 g/mol. The first kappa shape index (κ1) is 18.8. The third-order valence-electron chi connectivity index (χ3n) is 2.38. The molecule has 0 aromatic heterocycles.